The number of benzene rings is 1. The Bertz CT molecular complexity index is 635. The van der Waals surface area contributed by atoms with Crippen LogP contribution in [-0.4, -0.2) is 36.9 Å². The van der Waals surface area contributed by atoms with Gasteiger partial charge >= 0.3 is 0 Å². The zero-order valence-electron chi connectivity index (χ0n) is 12.8. The molecule has 0 aromatic heterocycles. The van der Waals surface area contributed by atoms with E-state index in [-0.39, 0.29) is 11.8 Å². The van der Waals surface area contributed by atoms with Gasteiger partial charge in [-0.3, -0.25) is 9.59 Å². The Morgan fingerprint density at radius 3 is 2.50 bits per heavy atom. The molecular weight excluding hydrogens is 344 g/mol. The van der Waals surface area contributed by atoms with Gasteiger partial charge in [0.15, 0.2) is 0 Å². The van der Waals surface area contributed by atoms with Crippen molar-refractivity contribution in [3.05, 3.63) is 52.5 Å². The summed E-state index contributed by atoms with van der Waals surface area (Å²) in [7, 11) is 1.68. The average Bonchev–Trinajstić information content (AvgIpc) is 2.55. The van der Waals surface area contributed by atoms with Gasteiger partial charge in [-0.15, -0.1) is 0 Å². The highest BCUT2D eigenvalue weighted by molar-refractivity contribution is 9.11. The first-order valence-corrected chi connectivity index (χ1v) is 7.87. The molecule has 2 amide bonds. The van der Waals surface area contributed by atoms with E-state index < -0.39 is 0 Å². The lowest BCUT2D eigenvalue weighted by Crippen LogP contribution is -2.36. The van der Waals surface area contributed by atoms with Crippen molar-refractivity contribution in [3.8, 4) is 0 Å². The van der Waals surface area contributed by atoms with Crippen molar-refractivity contribution in [2.24, 2.45) is 0 Å². The highest BCUT2D eigenvalue weighted by atomic mass is 79.9. The summed E-state index contributed by atoms with van der Waals surface area (Å²) in [6.07, 6.45) is 2.15. The lowest BCUT2D eigenvalue weighted by atomic mass is 10.1. The van der Waals surface area contributed by atoms with Gasteiger partial charge in [-0.2, -0.15) is 0 Å². The van der Waals surface area contributed by atoms with Crippen LogP contribution in [0.5, 0.6) is 0 Å². The molecule has 22 heavy (non-hydrogen) atoms. The maximum absolute atomic E-state index is 12.5. The smallest absolute Gasteiger partial charge is 0.254 e. The Morgan fingerprint density at radius 1 is 1.32 bits per heavy atom. The minimum Gasteiger partial charge on any atom is -0.333 e. The maximum Gasteiger partial charge on any atom is 0.254 e. The van der Waals surface area contributed by atoms with E-state index >= 15 is 0 Å². The van der Waals surface area contributed by atoms with Crippen LogP contribution in [0.15, 0.2) is 47.0 Å². The topological polar surface area (TPSA) is 40.6 Å². The van der Waals surface area contributed by atoms with Gasteiger partial charge in [0.25, 0.3) is 5.91 Å². The van der Waals surface area contributed by atoms with Gasteiger partial charge in [0.05, 0.1) is 6.54 Å². The minimum absolute atomic E-state index is 0.00806. The van der Waals surface area contributed by atoms with Gasteiger partial charge in [-0.25, -0.2) is 0 Å². The lowest BCUT2D eigenvalue weighted by Gasteiger charge is -2.28. The van der Waals surface area contributed by atoms with Crippen LogP contribution < -0.4 is 4.90 Å². The van der Waals surface area contributed by atoms with Gasteiger partial charge in [0, 0.05) is 29.3 Å². The van der Waals surface area contributed by atoms with Crippen LogP contribution in [0.4, 0.5) is 5.69 Å². The number of anilines is 1. The van der Waals surface area contributed by atoms with Gasteiger partial charge in [-0.1, -0.05) is 28.1 Å². The summed E-state index contributed by atoms with van der Waals surface area (Å²) in [6, 6.07) is 7.05. The zero-order chi connectivity index (χ0) is 16.3. The van der Waals surface area contributed by atoms with Crippen molar-refractivity contribution < 1.29 is 9.59 Å². The molecule has 1 aliphatic rings. The Kier molecular flexibility index (Phi) is 5.19. The van der Waals surface area contributed by atoms with Crippen LogP contribution in [0.1, 0.15) is 23.7 Å². The number of carbonyl (C=O) groups is 2. The molecule has 0 spiro atoms. The number of carbonyl (C=O) groups excluding carboxylic acids is 2. The molecule has 1 aromatic carbocycles. The highest BCUT2D eigenvalue weighted by Crippen LogP contribution is 2.24. The zero-order valence-corrected chi connectivity index (χ0v) is 14.4. The molecule has 4 nitrogen and oxygen atoms in total. The van der Waals surface area contributed by atoms with Crippen LogP contribution in [-0.2, 0) is 4.79 Å². The van der Waals surface area contributed by atoms with Crippen LogP contribution in [0, 0.1) is 0 Å². The van der Waals surface area contributed by atoms with Gasteiger partial charge < -0.3 is 9.80 Å². The van der Waals surface area contributed by atoms with Crippen LogP contribution in [0.2, 0.25) is 0 Å². The van der Waals surface area contributed by atoms with Gasteiger partial charge in [-0.05, 0) is 43.7 Å². The third kappa shape index (κ3) is 3.47. The second-order valence-electron chi connectivity index (χ2n) is 5.31. The fourth-order valence-electron chi connectivity index (χ4n) is 2.27. The SMILES string of the molecule is C=CC(=O)N(C)c1ccc(C(=O)N2CCC(C)=C(Br)C2)cc1. The largest absolute Gasteiger partial charge is 0.333 e. The lowest BCUT2D eigenvalue weighted by molar-refractivity contribution is -0.113. The number of rotatable bonds is 3. The second-order valence-corrected chi connectivity index (χ2v) is 6.27. The van der Waals surface area contributed by atoms with Crippen molar-refractivity contribution in [1.29, 1.82) is 0 Å². The molecule has 1 heterocycles. The molecule has 116 valence electrons. The highest BCUT2D eigenvalue weighted by Gasteiger charge is 2.21. The Balaban J connectivity index is 2.12. The second kappa shape index (κ2) is 6.92. The number of amides is 2. The Morgan fingerprint density at radius 2 is 1.95 bits per heavy atom. The number of hydrogen-bond donors (Lipinski definition) is 0. The first kappa shape index (κ1) is 16.5. The normalized spacial score (nSPS) is 14.8. The third-order valence-electron chi connectivity index (χ3n) is 3.84. The molecule has 0 saturated heterocycles. The average molecular weight is 363 g/mol. The molecule has 0 N–H and O–H groups in total. The van der Waals surface area contributed by atoms with Crippen molar-refractivity contribution in [2.45, 2.75) is 13.3 Å². The van der Waals surface area contributed by atoms with Crippen molar-refractivity contribution in [3.63, 3.8) is 0 Å². The molecule has 0 fully saturated rings. The Hall–Kier alpha value is -1.88. The van der Waals surface area contributed by atoms with E-state index in [4.69, 9.17) is 0 Å². The number of halogens is 1. The molecule has 0 radical (unpaired) electrons. The van der Waals surface area contributed by atoms with Crippen molar-refractivity contribution in [2.75, 3.05) is 25.0 Å². The molecule has 0 bridgehead atoms. The van der Waals surface area contributed by atoms with Crippen LogP contribution in [0.3, 0.4) is 0 Å². The standard InChI is InChI=1S/C17H19BrN2O2/c1-4-16(21)19(3)14-7-5-13(6-8-14)17(22)20-10-9-12(2)15(18)11-20/h4-8H,1,9-11H2,2-3H3. The molecular formula is C17H19BrN2O2. The summed E-state index contributed by atoms with van der Waals surface area (Å²) >= 11 is 3.52. The summed E-state index contributed by atoms with van der Waals surface area (Å²) < 4.78 is 1.08. The number of hydrogen-bond acceptors (Lipinski definition) is 2. The molecule has 0 unspecified atom stereocenters. The predicted octanol–water partition coefficient (Wildman–Crippen LogP) is 3.35. The monoisotopic (exact) mass is 362 g/mol. The van der Waals surface area contributed by atoms with E-state index in [2.05, 4.69) is 29.4 Å². The van der Waals surface area contributed by atoms with E-state index in [0.29, 0.717) is 12.1 Å². The fourth-order valence-corrected chi connectivity index (χ4v) is 2.77. The van der Waals surface area contributed by atoms with Crippen LogP contribution >= 0.6 is 15.9 Å². The minimum atomic E-state index is -0.181. The first-order chi connectivity index (χ1) is 10.4. The third-order valence-corrected chi connectivity index (χ3v) is 4.77. The van der Waals surface area contributed by atoms with E-state index in [0.717, 1.165) is 23.1 Å². The molecule has 5 heteroatoms. The summed E-state index contributed by atoms with van der Waals surface area (Å²) in [4.78, 5) is 27.4. The molecule has 0 saturated carbocycles. The first-order valence-electron chi connectivity index (χ1n) is 7.07. The van der Waals surface area contributed by atoms with Gasteiger partial charge in [0.2, 0.25) is 5.91 Å². The van der Waals surface area contributed by atoms with E-state index in [1.165, 1.54) is 16.5 Å². The summed E-state index contributed by atoms with van der Waals surface area (Å²) in [5.41, 5.74) is 2.66. The molecule has 1 aliphatic heterocycles. The number of likely N-dealkylation sites (N-methyl/N-ethyl adjacent to an activating group) is 1. The summed E-state index contributed by atoms with van der Waals surface area (Å²) in [6.45, 7) is 6.89. The Labute approximate surface area is 139 Å². The van der Waals surface area contributed by atoms with Gasteiger partial charge in [0.1, 0.15) is 0 Å². The van der Waals surface area contributed by atoms with Crippen LogP contribution in [0.25, 0.3) is 0 Å². The van der Waals surface area contributed by atoms with Crippen molar-refractivity contribution >= 4 is 33.4 Å². The predicted molar refractivity (Wildman–Crippen MR) is 92.2 cm³/mol. The molecule has 0 aliphatic carbocycles. The molecule has 2 rings (SSSR count). The molecule has 1 aromatic rings. The quantitative estimate of drug-likeness (QED) is 0.773. The fraction of sp³-hybridized carbons (Fsp3) is 0.294. The van der Waals surface area contributed by atoms with E-state index in [1.54, 1.807) is 31.3 Å². The van der Waals surface area contributed by atoms with E-state index in [1.807, 2.05) is 4.90 Å². The summed E-state index contributed by atoms with van der Waals surface area (Å²) in [5, 5.41) is 0. The van der Waals surface area contributed by atoms with E-state index in [9.17, 15) is 9.59 Å². The maximum atomic E-state index is 12.5. The van der Waals surface area contributed by atoms with Crippen molar-refractivity contribution in [1.82, 2.24) is 4.90 Å². The number of nitrogens with zero attached hydrogens (tertiary/aromatic N) is 2. The molecule has 0 atom stereocenters. The summed E-state index contributed by atoms with van der Waals surface area (Å²) in [5.74, 6) is -0.173.